The van der Waals surface area contributed by atoms with Gasteiger partial charge in [0.1, 0.15) is 11.3 Å². The molecular formula is C21H32IN5O3. The second kappa shape index (κ2) is 12.1. The van der Waals surface area contributed by atoms with Crippen molar-refractivity contribution in [2.75, 3.05) is 60.0 Å². The Morgan fingerprint density at radius 2 is 1.93 bits per heavy atom. The van der Waals surface area contributed by atoms with Gasteiger partial charge in [0.25, 0.3) is 0 Å². The highest BCUT2D eigenvalue weighted by atomic mass is 127. The van der Waals surface area contributed by atoms with Crippen molar-refractivity contribution in [1.29, 1.82) is 0 Å². The maximum atomic E-state index is 12.0. The molecule has 0 bridgehead atoms. The Morgan fingerprint density at radius 1 is 1.20 bits per heavy atom. The molecule has 0 aliphatic carbocycles. The van der Waals surface area contributed by atoms with Crippen LogP contribution < -0.4 is 10.6 Å². The quantitative estimate of drug-likeness (QED) is 0.247. The van der Waals surface area contributed by atoms with Gasteiger partial charge in [-0.2, -0.15) is 0 Å². The van der Waals surface area contributed by atoms with Gasteiger partial charge >= 0.3 is 0 Å². The number of carbonyl (C=O) groups is 1. The summed E-state index contributed by atoms with van der Waals surface area (Å²) in [5.41, 5.74) is 2.07. The Bertz CT molecular complexity index is 846. The number of fused-ring (bicyclic) bond motifs is 1. The van der Waals surface area contributed by atoms with Gasteiger partial charge < -0.3 is 24.7 Å². The van der Waals surface area contributed by atoms with Gasteiger partial charge in [0.15, 0.2) is 5.96 Å². The topological polar surface area (TPSA) is 82.3 Å². The molecule has 30 heavy (non-hydrogen) atoms. The van der Waals surface area contributed by atoms with Crippen LogP contribution in [0.25, 0.3) is 11.0 Å². The molecular weight excluding hydrogens is 497 g/mol. The van der Waals surface area contributed by atoms with Crippen LogP contribution >= 0.6 is 24.0 Å². The lowest BCUT2D eigenvalue weighted by atomic mass is 10.1. The van der Waals surface area contributed by atoms with Gasteiger partial charge in [-0.1, -0.05) is 18.2 Å². The van der Waals surface area contributed by atoms with Gasteiger partial charge in [-0.15, -0.1) is 24.0 Å². The lowest BCUT2D eigenvalue weighted by molar-refractivity contribution is -0.122. The van der Waals surface area contributed by atoms with Crippen molar-refractivity contribution in [1.82, 2.24) is 20.4 Å². The van der Waals surface area contributed by atoms with E-state index in [0.29, 0.717) is 26.2 Å². The monoisotopic (exact) mass is 529 g/mol. The molecule has 1 aliphatic heterocycles. The average molecular weight is 529 g/mol. The van der Waals surface area contributed by atoms with Crippen LogP contribution in [-0.2, 0) is 16.1 Å². The molecule has 0 atom stereocenters. The number of carbonyl (C=O) groups excluding carboxylic acids is 1. The van der Waals surface area contributed by atoms with E-state index < -0.39 is 0 Å². The standard InChI is InChI=1S/C21H31N5O3.HI/c1-16-17-6-4-5-7-18(17)29-19(16)14-24-21(22-2)26-11-9-25(10-12-26)15-20(27)23-8-13-28-3;/h4-7H,8-15H2,1-3H3,(H,22,24)(H,23,27);1H. The summed E-state index contributed by atoms with van der Waals surface area (Å²) in [5.74, 6) is 1.83. The largest absolute Gasteiger partial charge is 0.459 e. The highest BCUT2D eigenvalue weighted by Crippen LogP contribution is 2.24. The summed E-state index contributed by atoms with van der Waals surface area (Å²) in [6, 6.07) is 8.08. The number of guanidine groups is 1. The van der Waals surface area contributed by atoms with Crippen molar-refractivity contribution in [2.45, 2.75) is 13.5 Å². The van der Waals surface area contributed by atoms with E-state index in [-0.39, 0.29) is 29.9 Å². The molecule has 1 aromatic heterocycles. The van der Waals surface area contributed by atoms with Gasteiger partial charge in [-0.25, -0.2) is 0 Å². The van der Waals surface area contributed by atoms with E-state index in [2.05, 4.69) is 38.4 Å². The van der Waals surface area contributed by atoms with Crippen LogP contribution in [0.2, 0.25) is 0 Å². The number of benzene rings is 1. The zero-order chi connectivity index (χ0) is 20.6. The van der Waals surface area contributed by atoms with Crippen molar-refractivity contribution in [2.24, 2.45) is 4.99 Å². The summed E-state index contributed by atoms with van der Waals surface area (Å²) < 4.78 is 10.9. The fourth-order valence-corrected chi connectivity index (χ4v) is 3.55. The molecule has 166 valence electrons. The third kappa shape index (κ3) is 6.32. The number of ether oxygens (including phenoxy) is 1. The average Bonchev–Trinajstić information content (AvgIpc) is 3.06. The molecule has 0 saturated carbocycles. The number of aliphatic imine (C=N–C) groups is 1. The number of halogens is 1. The molecule has 1 aromatic carbocycles. The first-order valence-electron chi connectivity index (χ1n) is 10.0. The number of piperazine rings is 1. The number of amides is 1. The molecule has 1 fully saturated rings. The first-order chi connectivity index (χ1) is 14.1. The number of para-hydroxylation sites is 1. The predicted octanol–water partition coefficient (Wildman–Crippen LogP) is 1.81. The minimum Gasteiger partial charge on any atom is -0.459 e. The second-order valence-corrected chi connectivity index (χ2v) is 7.15. The maximum absolute atomic E-state index is 12.0. The highest BCUT2D eigenvalue weighted by Gasteiger charge is 2.21. The van der Waals surface area contributed by atoms with E-state index in [4.69, 9.17) is 9.15 Å². The smallest absolute Gasteiger partial charge is 0.234 e. The highest BCUT2D eigenvalue weighted by molar-refractivity contribution is 14.0. The first kappa shape index (κ1) is 24.4. The summed E-state index contributed by atoms with van der Waals surface area (Å²) in [4.78, 5) is 20.8. The fraction of sp³-hybridized carbons (Fsp3) is 0.524. The number of hydrogen-bond donors (Lipinski definition) is 2. The summed E-state index contributed by atoms with van der Waals surface area (Å²) in [7, 11) is 3.42. The number of methoxy groups -OCH3 is 1. The van der Waals surface area contributed by atoms with Crippen molar-refractivity contribution >= 4 is 46.8 Å². The Kier molecular flexibility index (Phi) is 9.86. The van der Waals surface area contributed by atoms with Crippen LogP contribution in [0.1, 0.15) is 11.3 Å². The third-order valence-corrected chi connectivity index (χ3v) is 5.23. The maximum Gasteiger partial charge on any atom is 0.234 e. The Hall–Kier alpha value is -1.85. The van der Waals surface area contributed by atoms with Gasteiger partial charge in [0, 0.05) is 57.8 Å². The van der Waals surface area contributed by atoms with Crippen molar-refractivity contribution in [3.8, 4) is 0 Å². The van der Waals surface area contributed by atoms with Gasteiger partial charge in [0.2, 0.25) is 5.91 Å². The Morgan fingerprint density at radius 3 is 2.60 bits per heavy atom. The Labute approximate surface area is 195 Å². The lowest BCUT2D eigenvalue weighted by Crippen LogP contribution is -2.54. The number of hydrogen-bond acceptors (Lipinski definition) is 5. The molecule has 8 nitrogen and oxygen atoms in total. The summed E-state index contributed by atoms with van der Waals surface area (Å²) in [6.45, 7) is 7.47. The van der Waals surface area contributed by atoms with E-state index in [1.165, 1.54) is 0 Å². The molecule has 2 heterocycles. The van der Waals surface area contributed by atoms with Crippen LogP contribution in [0.4, 0.5) is 0 Å². The number of nitrogens with zero attached hydrogens (tertiary/aromatic N) is 3. The molecule has 0 radical (unpaired) electrons. The first-order valence-corrected chi connectivity index (χ1v) is 10.0. The number of rotatable bonds is 7. The molecule has 1 aliphatic rings. The molecule has 3 rings (SSSR count). The second-order valence-electron chi connectivity index (χ2n) is 7.15. The van der Waals surface area contributed by atoms with E-state index in [0.717, 1.165) is 54.4 Å². The van der Waals surface area contributed by atoms with Crippen LogP contribution in [0.3, 0.4) is 0 Å². The van der Waals surface area contributed by atoms with Crippen molar-refractivity contribution in [3.63, 3.8) is 0 Å². The zero-order valence-corrected chi connectivity index (χ0v) is 20.3. The molecule has 2 aromatic rings. The van der Waals surface area contributed by atoms with Crippen LogP contribution in [0.15, 0.2) is 33.7 Å². The number of aryl methyl sites for hydroxylation is 1. The summed E-state index contributed by atoms with van der Waals surface area (Å²) in [5, 5.41) is 7.43. The van der Waals surface area contributed by atoms with Crippen LogP contribution in [0.5, 0.6) is 0 Å². The fourth-order valence-electron chi connectivity index (χ4n) is 3.55. The normalized spacial score (nSPS) is 15.2. The summed E-state index contributed by atoms with van der Waals surface area (Å²) >= 11 is 0. The SMILES string of the molecule is CN=C(NCc1oc2ccccc2c1C)N1CCN(CC(=O)NCCOC)CC1.I. The van der Waals surface area contributed by atoms with Gasteiger partial charge in [0.05, 0.1) is 19.7 Å². The van der Waals surface area contributed by atoms with Crippen LogP contribution in [0, 0.1) is 6.92 Å². The molecule has 1 amide bonds. The number of nitrogens with one attached hydrogen (secondary N) is 2. The molecule has 2 N–H and O–H groups in total. The Balaban J connectivity index is 0.00000320. The summed E-state index contributed by atoms with van der Waals surface area (Å²) in [6.07, 6.45) is 0. The van der Waals surface area contributed by atoms with E-state index in [1.807, 2.05) is 18.2 Å². The lowest BCUT2D eigenvalue weighted by Gasteiger charge is -2.36. The number of furan rings is 1. The van der Waals surface area contributed by atoms with E-state index in [1.54, 1.807) is 14.2 Å². The van der Waals surface area contributed by atoms with Crippen LogP contribution in [-0.4, -0.2) is 81.7 Å². The van der Waals surface area contributed by atoms with Gasteiger partial charge in [-0.05, 0) is 13.0 Å². The van der Waals surface area contributed by atoms with Crippen molar-refractivity contribution in [3.05, 3.63) is 35.6 Å². The third-order valence-electron chi connectivity index (χ3n) is 5.23. The van der Waals surface area contributed by atoms with E-state index in [9.17, 15) is 4.79 Å². The minimum absolute atomic E-state index is 0. The minimum atomic E-state index is 0. The molecule has 1 saturated heterocycles. The molecule has 0 spiro atoms. The zero-order valence-electron chi connectivity index (χ0n) is 17.9. The van der Waals surface area contributed by atoms with Crippen molar-refractivity contribution < 1.29 is 13.9 Å². The van der Waals surface area contributed by atoms with E-state index >= 15 is 0 Å². The van der Waals surface area contributed by atoms with Gasteiger partial charge in [-0.3, -0.25) is 14.7 Å². The molecule has 9 heteroatoms. The molecule has 0 unspecified atom stereocenters. The predicted molar refractivity (Wildman–Crippen MR) is 129 cm³/mol.